The monoisotopic (exact) mass is 294 g/mol. The number of aromatic nitrogens is 2. The lowest BCUT2D eigenvalue weighted by Gasteiger charge is -2.10. The van der Waals surface area contributed by atoms with Crippen LogP contribution in [0.4, 0.5) is 11.4 Å². The minimum absolute atomic E-state index is 0.00313. The maximum atomic E-state index is 11.4. The molecular weight excluding hydrogens is 280 g/mol. The summed E-state index contributed by atoms with van der Waals surface area (Å²) in [6, 6.07) is 5.10. The van der Waals surface area contributed by atoms with E-state index in [1.165, 1.54) is 4.68 Å². The normalized spacial score (nSPS) is 10.6. The van der Waals surface area contributed by atoms with E-state index in [-0.39, 0.29) is 5.69 Å². The van der Waals surface area contributed by atoms with Gasteiger partial charge in [-0.15, -0.1) is 0 Å². The van der Waals surface area contributed by atoms with Gasteiger partial charge in [-0.05, 0) is 32.9 Å². The van der Waals surface area contributed by atoms with Crippen molar-refractivity contribution in [3.8, 4) is 5.69 Å². The van der Waals surface area contributed by atoms with Gasteiger partial charge in [-0.2, -0.15) is 5.10 Å². The van der Waals surface area contributed by atoms with E-state index >= 15 is 0 Å². The molecule has 0 atom stereocenters. The Balaban J connectivity index is 2.70. The molecule has 0 unspecified atom stereocenters. The smallest absolute Gasteiger partial charge is 0.317 e. The molecule has 0 aliphatic carbocycles. The molecule has 106 valence electrons. The van der Waals surface area contributed by atoms with Gasteiger partial charge in [-0.25, -0.2) is 4.68 Å². The third-order valence-electron chi connectivity index (χ3n) is 3.00. The van der Waals surface area contributed by atoms with Gasteiger partial charge in [0.25, 0.3) is 0 Å². The van der Waals surface area contributed by atoms with Gasteiger partial charge >= 0.3 is 5.69 Å². The minimum atomic E-state index is -0.405. The number of nitrogens with one attached hydrogen (secondary N) is 1. The zero-order chi connectivity index (χ0) is 14.9. The van der Waals surface area contributed by atoms with Crippen LogP contribution < -0.4 is 5.32 Å². The van der Waals surface area contributed by atoms with Gasteiger partial charge in [-0.1, -0.05) is 17.7 Å². The first-order valence-electron chi connectivity index (χ1n) is 6.20. The fourth-order valence-corrected chi connectivity index (χ4v) is 2.20. The van der Waals surface area contributed by atoms with Crippen LogP contribution >= 0.6 is 11.6 Å². The number of rotatable bonds is 4. The van der Waals surface area contributed by atoms with Crippen LogP contribution in [0.15, 0.2) is 18.2 Å². The van der Waals surface area contributed by atoms with Crippen molar-refractivity contribution in [1.82, 2.24) is 9.78 Å². The molecule has 0 amide bonds. The molecule has 7 heteroatoms. The number of aryl methyl sites for hydroxylation is 1. The lowest BCUT2D eigenvalue weighted by Crippen LogP contribution is -2.07. The summed E-state index contributed by atoms with van der Waals surface area (Å²) >= 11 is 6.11. The number of para-hydroxylation sites is 1. The Morgan fingerprint density at radius 3 is 2.65 bits per heavy atom. The van der Waals surface area contributed by atoms with Crippen LogP contribution in [0.3, 0.4) is 0 Å². The number of nitrogens with zero attached hydrogens (tertiary/aromatic N) is 3. The van der Waals surface area contributed by atoms with Crippen LogP contribution in [0.5, 0.6) is 0 Å². The van der Waals surface area contributed by atoms with Gasteiger partial charge in [0, 0.05) is 6.54 Å². The number of nitro groups is 1. The van der Waals surface area contributed by atoms with Crippen molar-refractivity contribution in [3.05, 3.63) is 44.7 Å². The molecule has 6 nitrogen and oxygen atoms in total. The first kappa shape index (κ1) is 14.3. The van der Waals surface area contributed by atoms with Crippen LogP contribution in [0, 0.1) is 24.0 Å². The van der Waals surface area contributed by atoms with E-state index in [9.17, 15) is 10.1 Å². The Morgan fingerprint density at radius 2 is 2.15 bits per heavy atom. The maximum absolute atomic E-state index is 11.4. The molecule has 1 N–H and O–H groups in total. The summed E-state index contributed by atoms with van der Waals surface area (Å²) in [6.07, 6.45) is 0. The SMILES string of the molecule is CCNc1cccc(-n2nc(C)c(Cl)c2C)c1[N+](=O)[O-]. The van der Waals surface area contributed by atoms with Crippen molar-refractivity contribution >= 4 is 23.0 Å². The predicted molar refractivity (Wildman–Crippen MR) is 78.9 cm³/mol. The van der Waals surface area contributed by atoms with Gasteiger partial charge in [-0.3, -0.25) is 10.1 Å². The van der Waals surface area contributed by atoms with Crippen LogP contribution in [0.2, 0.25) is 5.02 Å². The maximum Gasteiger partial charge on any atom is 0.317 e. The summed E-state index contributed by atoms with van der Waals surface area (Å²) in [4.78, 5) is 11.0. The van der Waals surface area contributed by atoms with Crippen molar-refractivity contribution in [1.29, 1.82) is 0 Å². The number of nitro benzene ring substituents is 1. The van der Waals surface area contributed by atoms with E-state index in [0.717, 1.165) is 0 Å². The highest BCUT2D eigenvalue weighted by molar-refractivity contribution is 6.31. The van der Waals surface area contributed by atoms with E-state index < -0.39 is 4.92 Å². The zero-order valence-electron chi connectivity index (χ0n) is 11.5. The summed E-state index contributed by atoms with van der Waals surface area (Å²) in [5, 5.41) is 19.2. The lowest BCUT2D eigenvalue weighted by atomic mass is 10.2. The summed E-state index contributed by atoms with van der Waals surface area (Å²) in [6.45, 7) is 6.04. The highest BCUT2D eigenvalue weighted by Crippen LogP contribution is 2.33. The van der Waals surface area contributed by atoms with E-state index in [2.05, 4.69) is 10.4 Å². The number of anilines is 1. The molecule has 0 aliphatic rings. The second-order valence-electron chi connectivity index (χ2n) is 4.36. The largest absolute Gasteiger partial charge is 0.380 e. The number of hydrogen-bond donors (Lipinski definition) is 1. The number of hydrogen-bond acceptors (Lipinski definition) is 4. The Hall–Kier alpha value is -2.08. The topological polar surface area (TPSA) is 73.0 Å². The Morgan fingerprint density at radius 1 is 1.45 bits per heavy atom. The number of halogens is 1. The molecule has 0 saturated heterocycles. The molecule has 2 rings (SSSR count). The molecule has 0 fully saturated rings. The third-order valence-corrected chi connectivity index (χ3v) is 3.54. The minimum Gasteiger partial charge on any atom is -0.380 e. The first-order chi connectivity index (χ1) is 9.47. The molecule has 0 bridgehead atoms. The van der Waals surface area contributed by atoms with E-state index in [0.29, 0.717) is 34.3 Å². The molecule has 1 aromatic carbocycles. The van der Waals surface area contributed by atoms with Crippen LogP contribution in [-0.2, 0) is 0 Å². The highest BCUT2D eigenvalue weighted by atomic mass is 35.5. The average molecular weight is 295 g/mol. The molecule has 1 aromatic heterocycles. The van der Waals surface area contributed by atoms with Crippen molar-refractivity contribution in [2.24, 2.45) is 0 Å². The van der Waals surface area contributed by atoms with Crippen molar-refractivity contribution in [3.63, 3.8) is 0 Å². The van der Waals surface area contributed by atoms with Crippen molar-refractivity contribution in [2.75, 3.05) is 11.9 Å². The Labute approximate surface area is 121 Å². The molecule has 0 aliphatic heterocycles. The molecule has 0 saturated carbocycles. The molecule has 1 heterocycles. The first-order valence-corrected chi connectivity index (χ1v) is 6.58. The van der Waals surface area contributed by atoms with Gasteiger partial charge in [0.15, 0.2) is 0 Å². The molecule has 0 radical (unpaired) electrons. The summed E-state index contributed by atoms with van der Waals surface area (Å²) in [5.41, 5.74) is 2.20. The molecular formula is C13H15ClN4O2. The Bertz CT molecular complexity index is 667. The third kappa shape index (κ3) is 2.34. The molecule has 20 heavy (non-hydrogen) atoms. The highest BCUT2D eigenvalue weighted by Gasteiger charge is 2.23. The van der Waals surface area contributed by atoms with E-state index in [4.69, 9.17) is 11.6 Å². The quantitative estimate of drug-likeness (QED) is 0.692. The van der Waals surface area contributed by atoms with Crippen molar-refractivity contribution in [2.45, 2.75) is 20.8 Å². The molecule has 0 spiro atoms. The summed E-state index contributed by atoms with van der Waals surface area (Å²) in [5.74, 6) is 0. The zero-order valence-corrected chi connectivity index (χ0v) is 12.2. The lowest BCUT2D eigenvalue weighted by molar-refractivity contribution is -0.383. The fraction of sp³-hybridized carbons (Fsp3) is 0.308. The second kappa shape index (κ2) is 5.50. The van der Waals surface area contributed by atoms with Crippen LogP contribution in [0.1, 0.15) is 18.3 Å². The summed E-state index contributed by atoms with van der Waals surface area (Å²) < 4.78 is 1.51. The fourth-order valence-electron chi connectivity index (χ4n) is 2.09. The molecule has 2 aromatic rings. The van der Waals surface area contributed by atoms with Gasteiger partial charge in [0.05, 0.1) is 21.3 Å². The number of benzene rings is 1. The Kier molecular flexibility index (Phi) is 3.94. The van der Waals surface area contributed by atoms with E-state index in [1.807, 2.05) is 6.92 Å². The van der Waals surface area contributed by atoms with Gasteiger partial charge < -0.3 is 5.32 Å². The van der Waals surface area contributed by atoms with Crippen LogP contribution in [-0.4, -0.2) is 21.2 Å². The van der Waals surface area contributed by atoms with Crippen molar-refractivity contribution < 1.29 is 4.92 Å². The second-order valence-corrected chi connectivity index (χ2v) is 4.74. The standard InChI is InChI=1S/C13H15ClN4O2/c1-4-15-10-6-5-7-11(13(10)18(19)20)17-9(3)12(14)8(2)16-17/h5-7,15H,4H2,1-3H3. The predicted octanol–water partition coefficient (Wildman–Crippen LogP) is 3.48. The van der Waals surface area contributed by atoms with Gasteiger partial charge in [0.1, 0.15) is 11.4 Å². The van der Waals surface area contributed by atoms with Gasteiger partial charge in [0.2, 0.25) is 0 Å². The average Bonchev–Trinajstić information content (AvgIpc) is 2.66. The summed E-state index contributed by atoms with van der Waals surface area (Å²) in [7, 11) is 0. The van der Waals surface area contributed by atoms with E-state index in [1.54, 1.807) is 32.0 Å². The van der Waals surface area contributed by atoms with Crippen LogP contribution in [0.25, 0.3) is 5.69 Å².